The fraction of sp³-hybridized carbons (Fsp3) is 0.250. The van der Waals surface area contributed by atoms with Gasteiger partial charge in [-0.1, -0.05) is 12.1 Å². The number of hydrogen-bond donors (Lipinski definition) is 0. The summed E-state index contributed by atoms with van der Waals surface area (Å²) in [5, 5.41) is 0. The largest absolute Gasteiger partial charge is 0.441 e. The number of aromatic nitrogens is 1. The van der Waals surface area contributed by atoms with Crippen molar-refractivity contribution in [2.24, 2.45) is 0 Å². The smallest absolute Gasteiger partial charge is 0.194 e. The lowest BCUT2D eigenvalue weighted by molar-refractivity contribution is 0.503. The van der Waals surface area contributed by atoms with Crippen molar-refractivity contribution in [2.45, 2.75) is 12.8 Å². The standard InChI is InChI=1S/C12H11ClINO/c13-7-1-2-12-15-8-11(16-12)9-3-5-10(14)6-4-9/h3-6,8H,1-2,7H2. The van der Waals surface area contributed by atoms with Crippen LogP contribution in [0.15, 0.2) is 34.9 Å². The molecule has 0 N–H and O–H groups in total. The maximum absolute atomic E-state index is 5.64. The second-order valence-electron chi connectivity index (χ2n) is 3.42. The number of hydrogen-bond acceptors (Lipinski definition) is 2. The third-order valence-electron chi connectivity index (χ3n) is 2.21. The number of rotatable bonds is 4. The zero-order chi connectivity index (χ0) is 11.4. The Morgan fingerprint density at radius 3 is 2.69 bits per heavy atom. The van der Waals surface area contributed by atoms with Crippen LogP contribution in [0.2, 0.25) is 0 Å². The summed E-state index contributed by atoms with van der Waals surface area (Å²) in [7, 11) is 0. The first-order valence-electron chi connectivity index (χ1n) is 5.06. The number of aryl methyl sites for hydroxylation is 1. The number of oxazole rings is 1. The van der Waals surface area contributed by atoms with E-state index in [1.54, 1.807) is 6.20 Å². The van der Waals surface area contributed by atoms with Gasteiger partial charge in [0, 0.05) is 21.4 Å². The number of benzene rings is 1. The highest BCUT2D eigenvalue weighted by molar-refractivity contribution is 14.1. The van der Waals surface area contributed by atoms with Crippen molar-refractivity contribution in [3.05, 3.63) is 39.9 Å². The Labute approximate surface area is 113 Å². The van der Waals surface area contributed by atoms with Gasteiger partial charge in [0.2, 0.25) is 0 Å². The molecule has 0 bridgehead atoms. The molecule has 0 unspecified atom stereocenters. The van der Waals surface area contributed by atoms with Crippen molar-refractivity contribution in [1.82, 2.24) is 4.98 Å². The summed E-state index contributed by atoms with van der Waals surface area (Å²) in [6, 6.07) is 8.18. The minimum atomic E-state index is 0.640. The second-order valence-corrected chi connectivity index (χ2v) is 5.04. The summed E-state index contributed by atoms with van der Waals surface area (Å²) in [5.41, 5.74) is 1.06. The lowest BCUT2D eigenvalue weighted by Crippen LogP contribution is -1.84. The van der Waals surface area contributed by atoms with E-state index >= 15 is 0 Å². The van der Waals surface area contributed by atoms with Crippen molar-refractivity contribution in [3.8, 4) is 11.3 Å². The highest BCUT2D eigenvalue weighted by atomic mass is 127. The first-order valence-corrected chi connectivity index (χ1v) is 6.67. The van der Waals surface area contributed by atoms with Crippen LogP contribution in [0.4, 0.5) is 0 Å². The van der Waals surface area contributed by atoms with Crippen LogP contribution in [0.3, 0.4) is 0 Å². The van der Waals surface area contributed by atoms with Gasteiger partial charge in [-0.15, -0.1) is 11.6 Å². The quantitative estimate of drug-likeness (QED) is 0.614. The van der Waals surface area contributed by atoms with Crippen molar-refractivity contribution in [2.75, 3.05) is 5.88 Å². The molecule has 16 heavy (non-hydrogen) atoms. The molecule has 2 rings (SSSR count). The van der Waals surface area contributed by atoms with Crippen LogP contribution >= 0.6 is 34.2 Å². The summed E-state index contributed by atoms with van der Waals surface area (Å²) < 4.78 is 6.85. The molecule has 0 aliphatic rings. The average Bonchev–Trinajstić information content (AvgIpc) is 2.76. The first-order chi connectivity index (χ1) is 7.79. The Morgan fingerprint density at radius 1 is 1.25 bits per heavy atom. The van der Waals surface area contributed by atoms with Gasteiger partial charge in [0.25, 0.3) is 0 Å². The van der Waals surface area contributed by atoms with E-state index in [1.165, 1.54) is 3.57 Å². The SMILES string of the molecule is ClCCCc1ncc(-c2ccc(I)cc2)o1. The molecule has 1 aromatic heterocycles. The molecule has 0 saturated heterocycles. The van der Waals surface area contributed by atoms with Crippen molar-refractivity contribution >= 4 is 34.2 Å². The zero-order valence-corrected chi connectivity index (χ0v) is 11.5. The molecule has 2 aromatic rings. The van der Waals surface area contributed by atoms with E-state index < -0.39 is 0 Å². The molecule has 1 aromatic carbocycles. The van der Waals surface area contributed by atoms with E-state index in [9.17, 15) is 0 Å². The highest BCUT2D eigenvalue weighted by Crippen LogP contribution is 2.21. The number of halogens is 2. The molecular weight excluding hydrogens is 336 g/mol. The third-order valence-corrected chi connectivity index (χ3v) is 3.19. The molecule has 2 nitrogen and oxygen atoms in total. The Hall–Kier alpha value is -0.550. The van der Waals surface area contributed by atoms with Crippen LogP contribution in [0.1, 0.15) is 12.3 Å². The van der Waals surface area contributed by atoms with E-state index in [0.717, 1.165) is 30.1 Å². The molecule has 0 aliphatic heterocycles. The van der Waals surface area contributed by atoms with E-state index in [4.69, 9.17) is 16.0 Å². The van der Waals surface area contributed by atoms with Gasteiger partial charge in [0.15, 0.2) is 11.7 Å². The summed E-state index contributed by atoms with van der Waals surface area (Å²) in [4.78, 5) is 4.23. The monoisotopic (exact) mass is 347 g/mol. The Morgan fingerprint density at radius 2 is 2.00 bits per heavy atom. The third kappa shape index (κ3) is 2.98. The van der Waals surface area contributed by atoms with E-state index in [1.807, 2.05) is 12.1 Å². The molecule has 0 amide bonds. The van der Waals surface area contributed by atoms with E-state index in [2.05, 4.69) is 39.7 Å². The molecule has 0 aliphatic carbocycles. The van der Waals surface area contributed by atoms with Crippen molar-refractivity contribution in [1.29, 1.82) is 0 Å². The van der Waals surface area contributed by atoms with Gasteiger partial charge in [-0.05, 0) is 41.1 Å². The summed E-state index contributed by atoms with van der Waals surface area (Å²) in [5.74, 6) is 2.22. The Balaban J connectivity index is 2.15. The summed E-state index contributed by atoms with van der Waals surface area (Å²) >= 11 is 7.90. The van der Waals surface area contributed by atoms with Crippen LogP contribution in [0.25, 0.3) is 11.3 Å². The molecule has 0 radical (unpaired) electrons. The van der Waals surface area contributed by atoms with Crippen LogP contribution < -0.4 is 0 Å². The Bertz CT molecular complexity index is 452. The van der Waals surface area contributed by atoms with Gasteiger partial charge in [-0.3, -0.25) is 0 Å². The number of nitrogens with zero attached hydrogens (tertiary/aromatic N) is 1. The summed E-state index contributed by atoms with van der Waals surface area (Å²) in [6.07, 6.45) is 3.47. The van der Waals surface area contributed by atoms with Crippen LogP contribution in [-0.4, -0.2) is 10.9 Å². The second kappa shape index (κ2) is 5.68. The van der Waals surface area contributed by atoms with Crippen LogP contribution in [0.5, 0.6) is 0 Å². The maximum Gasteiger partial charge on any atom is 0.194 e. The topological polar surface area (TPSA) is 26.0 Å². The average molecular weight is 348 g/mol. The lowest BCUT2D eigenvalue weighted by Gasteiger charge is -1.96. The van der Waals surface area contributed by atoms with Crippen molar-refractivity contribution < 1.29 is 4.42 Å². The van der Waals surface area contributed by atoms with E-state index in [0.29, 0.717) is 5.88 Å². The van der Waals surface area contributed by atoms with Crippen LogP contribution in [-0.2, 0) is 6.42 Å². The molecular formula is C12H11ClINO. The van der Waals surface area contributed by atoms with Gasteiger partial charge >= 0.3 is 0 Å². The fourth-order valence-electron chi connectivity index (χ4n) is 1.39. The first kappa shape index (κ1) is 11.9. The normalized spacial score (nSPS) is 10.6. The van der Waals surface area contributed by atoms with Gasteiger partial charge < -0.3 is 4.42 Å². The van der Waals surface area contributed by atoms with E-state index in [-0.39, 0.29) is 0 Å². The molecule has 0 fully saturated rings. The zero-order valence-electron chi connectivity index (χ0n) is 8.62. The Kier molecular flexibility index (Phi) is 4.23. The molecule has 84 valence electrons. The predicted molar refractivity (Wildman–Crippen MR) is 73.7 cm³/mol. The summed E-state index contributed by atoms with van der Waals surface area (Å²) in [6.45, 7) is 0. The lowest BCUT2D eigenvalue weighted by atomic mass is 10.2. The molecule has 0 saturated carbocycles. The van der Waals surface area contributed by atoms with Gasteiger partial charge in [0.1, 0.15) is 0 Å². The maximum atomic E-state index is 5.64. The van der Waals surface area contributed by atoms with Gasteiger partial charge in [0.05, 0.1) is 6.20 Å². The molecule has 1 heterocycles. The van der Waals surface area contributed by atoms with Gasteiger partial charge in [-0.25, -0.2) is 4.98 Å². The molecule has 0 spiro atoms. The number of alkyl halides is 1. The minimum absolute atomic E-state index is 0.640. The minimum Gasteiger partial charge on any atom is -0.441 e. The molecule has 0 atom stereocenters. The van der Waals surface area contributed by atoms with Crippen molar-refractivity contribution in [3.63, 3.8) is 0 Å². The van der Waals surface area contributed by atoms with Gasteiger partial charge in [-0.2, -0.15) is 0 Å². The highest BCUT2D eigenvalue weighted by Gasteiger charge is 2.05. The fourth-order valence-corrected chi connectivity index (χ4v) is 1.88. The molecule has 4 heteroatoms. The van der Waals surface area contributed by atoms with Crippen LogP contribution in [0, 0.1) is 3.57 Å². The predicted octanol–water partition coefficient (Wildman–Crippen LogP) is 4.12.